The van der Waals surface area contributed by atoms with E-state index in [4.69, 9.17) is 0 Å². The molecule has 0 aliphatic heterocycles. The van der Waals surface area contributed by atoms with Crippen molar-refractivity contribution in [2.75, 3.05) is 13.1 Å². The average Bonchev–Trinajstić information content (AvgIpc) is 2.38. The van der Waals surface area contributed by atoms with Crippen LogP contribution in [0.3, 0.4) is 0 Å². The summed E-state index contributed by atoms with van der Waals surface area (Å²) in [6, 6.07) is 0.573. The molecule has 1 aliphatic rings. The zero-order chi connectivity index (χ0) is 11.0. The topological polar surface area (TPSA) is 41.1 Å². The van der Waals surface area contributed by atoms with E-state index < -0.39 is 0 Å². The van der Waals surface area contributed by atoms with Crippen molar-refractivity contribution in [3.8, 4) is 0 Å². The molecule has 0 radical (unpaired) electrons. The third-order valence-electron chi connectivity index (χ3n) is 3.87. The number of rotatable bonds is 4. The maximum absolute atomic E-state index is 10.6. The van der Waals surface area contributed by atoms with Crippen molar-refractivity contribution in [3.05, 3.63) is 0 Å². The molecule has 0 aromatic heterocycles. The Hall–Kier alpha value is -0.570. The van der Waals surface area contributed by atoms with Gasteiger partial charge in [-0.15, -0.1) is 0 Å². The van der Waals surface area contributed by atoms with Gasteiger partial charge in [0.05, 0.1) is 0 Å². The number of amides is 1. The second-order valence-electron chi connectivity index (χ2n) is 5.31. The lowest BCUT2D eigenvalue weighted by Crippen LogP contribution is -2.33. The molecule has 0 aromatic rings. The van der Waals surface area contributed by atoms with E-state index in [0.717, 1.165) is 13.1 Å². The molecule has 1 amide bonds. The van der Waals surface area contributed by atoms with Gasteiger partial charge in [0.15, 0.2) is 0 Å². The summed E-state index contributed by atoms with van der Waals surface area (Å²) in [7, 11) is 0. The van der Waals surface area contributed by atoms with E-state index >= 15 is 0 Å². The maximum Gasteiger partial charge on any atom is 0.216 e. The summed E-state index contributed by atoms with van der Waals surface area (Å²) in [6.07, 6.45) is 0. The Morgan fingerprint density at radius 2 is 1.64 bits per heavy atom. The van der Waals surface area contributed by atoms with Crippen LogP contribution in [0.5, 0.6) is 0 Å². The smallest absolute Gasteiger partial charge is 0.216 e. The largest absolute Gasteiger partial charge is 0.355 e. The van der Waals surface area contributed by atoms with Crippen LogP contribution in [0, 0.1) is 10.8 Å². The van der Waals surface area contributed by atoms with E-state index in [0.29, 0.717) is 16.9 Å². The summed E-state index contributed by atoms with van der Waals surface area (Å²) in [4.78, 5) is 10.6. The van der Waals surface area contributed by atoms with E-state index in [1.54, 1.807) is 6.92 Å². The maximum atomic E-state index is 10.6. The molecular weight excluding hydrogens is 176 g/mol. The highest BCUT2D eigenvalue weighted by molar-refractivity contribution is 5.72. The van der Waals surface area contributed by atoms with Gasteiger partial charge in [0.25, 0.3) is 0 Å². The Balaban J connectivity index is 2.19. The van der Waals surface area contributed by atoms with E-state index in [1.165, 1.54) is 0 Å². The van der Waals surface area contributed by atoms with E-state index in [9.17, 15) is 4.79 Å². The summed E-state index contributed by atoms with van der Waals surface area (Å²) >= 11 is 0. The SMILES string of the molecule is CC(=O)NCCNC1C(C)(C)C1(C)C. The predicted molar refractivity (Wildman–Crippen MR) is 58.0 cm³/mol. The minimum absolute atomic E-state index is 0.0427. The van der Waals surface area contributed by atoms with Gasteiger partial charge in [-0.2, -0.15) is 0 Å². The zero-order valence-corrected chi connectivity index (χ0v) is 9.90. The summed E-state index contributed by atoms with van der Waals surface area (Å²) in [5.74, 6) is 0.0427. The van der Waals surface area contributed by atoms with Gasteiger partial charge in [0, 0.05) is 26.1 Å². The minimum atomic E-state index is 0.0427. The normalized spacial score (nSPS) is 23.2. The molecule has 0 bridgehead atoms. The van der Waals surface area contributed by atoms with Crippen LogP contribution in [-0.4, -0.2) is 25.0 Å². The molecule has 1 saturated carbocycles. The summed E-state index contributed by atoms with van der Waals surface area (Å²) in [6.45, 7) is 12.2. The fraction of sp³-hybridized carbons (Fsp3) is 0.909. The van der Waals surface area contributed by atoms with Crippen molar-refractivity contribution >= 4 is 5.91 Å². The van der Waals surface area contributed by atoms with Crippen LogP contribution in [0.2, 0.25) is 0 Å². The van der Waals surface area contributed by atoms with Crippen LogP contribution >= 0.6 is 0 Å². The first-order chi connectivity index (χ1) is 6.30. The molecule has 0 spiro atoms. The first kappa shape index (κ1) is 11.5. The molecular formula is C11H22N2O. The lowest BCUT2D eigenvalue weighted by Gasteiger charge is -2.06. The highest BCUT2D eigenvalue weighted by atomic mass is 16.1. The van der Waals surface area contributed by atoms with Crippen LogP contribution in [0.25, 0.3) is 0 Å². The second-order valence-corrected chi connectivity index (χ2v) is 5.31. The molecule has 14 heavy (non-hydrogen) atoms. The fourth-order valence-corrected chi connectivity index (χ4v) is 2.16. The summed E-state index contributed by atoms with van der Waals surface area (Å²) < 4.78 is 0. The Kier molecular flexibility index (Phi) is 2.91. The van der Waals surface area contributed by atoms with Crippen molar-refractivity contribution in [1.82, 2.24) is 10.6 Å². The molecule has 0 unspecified atom stereocenters. The molecule has 1 aliphatic carbocycles. The van der Waals surface area contributed by atoms with E-state index in [1.807, 2.05) is 0 Å². The van der Waals surface area contributed by atoms with Gasteiger partial charge in [-0.1, -0.05) is 27.7 Å². The molecule has 1 rings (SSSR count). The van der Waals surface area contributed by atoms with Crippen molar-refractivity contribution in [2.24, 2.45) is 10.8 Å². The number of carbonyl (C=O) groups excluding carboxylic acids is 1. The van der Waals surface area contributed by atoms with Crippen LogP contribution in [0.15, 0.2) is 0 Å². The van der Waals surface area contributed by atoms with E-state index in [-0.39, 0.29) is 5.91 Å². The monoisotopic (exact) mass is 198 g/mol. The summed E-state index contributed by atoms with van der Waals surface area (Å²) in [5, 5.41) is 6.26. The number of hydrogen-bond acceptors (Lipinski definition) is 2. The average molecular weight is 198 g/mol. The minimum Gasteiger partial charge on any atom is -0.355 e. The molecule has 3 heteroatoms. The standard InChI is InChI=1S/C11H22N2O/c1-8(14)12-6-7-13-9-10(2,3)11(9,4)5/h9,13H,6-7H2,1-5H3,(H,12,14). The van der Waals surface area contributed by atoms with Crippen molar-refractivity contribution < 1.29 is 4.79 Å². The van der Waals surface area contributed by atoms with Gasteiger partial charge in [0.1, 0.15) is 0 Å². The number of hydrogen-bond donors (Lipinski definition) is 2. The quantitative estimate of drug-likeness (QED) is 0.665. The van der Waals surface area contributed by atoms with Gasteiger partial charge < -0.3 is 10.6 Å². The Morgan fingerprint density at radius 1 is 1.14 bits per heavy atom. The number of nitrogens with one attached hydrogen (secondary N) is 2. The fourth-order valence-electron chi connectivity index (χ4n) is 2.16. The predicted octanol–water partition coefficient (Wildman–Crippen LogP) is 1.15. The molecule has 0 aromatic carbocycles. The van der Waals surface area contributed by atoms with Crippen molar-refractivity contribution in [1.29, 1.82) is 0 Å². The van der Waals surface area contributed by atoms with Gasteiger partial charge in [-0.05, 0) is 10.8 Å². The molecule has 0 atom stereocenters. The molecule has 3 nitrogen and oxygen atoms in total. The molecule has 1 fully saturated rings. The Bertz CT molecular complexity index is 219. The van der Waals surface area contributed by atoms with Crippen molar-refractivity contribution in [2.45, 2.75) is 40.7 Å². The first-order valence-electron chi connectivity index (χ1n) is 5.28. The van der Waals surface area contributed by atoms with Crippen LogP contribution < -0.4 is 10.6 Å². The highest BCUT2D eigenvalue weighted by Crippen LogP contribution is 2.62. The van der Waals surface area contributed by atoms with E-state index in [2.05, 4.69) is 38.3 Å². The lowest BCUT2D eigenvalue weighted by atomic mass is 10.0. The molecule has 82 valence electrons. The number of carbonyl (C=O) groups is 1. The zero-order valence-electron chi connectivity index (χ0n) is 9.90. The Labute approximate surface area is 86.6 Å². The van der Waals surface area contributed by atoms with Gasteiger partial charge >= 0.3 is 0 Å². The molecule has 2 N–H and O–H groups in total. The third-order valence-corrected chi connectivity index (χ3v) is 3.87. The highest BCUT2D eigenvalue weighted by Gasteiger charge is 2.64. The van der Waals surface area contributed by atoms with Crippen LogP contribution in [0.1, 0.15) is 34.6 Å². The third kappa shape index (κ3) is 1.92. The van der Waals surface area contributed by atoms with Gasteiger partial charge in [0.2, 0.25) is 5.91 Å². The van der Waals surface area contributed by atoms with Crippen LogP contribution in [-0.2, 0) is 4.79 Å². The molecule has 0 saturated heterocycles. The summed E-state index contributed by atoms with van der Waals surface area (Å²) in [5.41, 5.74) is 0.756. The lowest BCUT2D eigenvalue weighted by molar-refractivity contribution is -0.118. The van der Waals surface area contributed by atoms with Gasteiger partial charge in [-0.25, -0.2) is 0 Å². The molecule has 0 heterocycles. The Morgan fingerprint density at radius 3 is 2.00 bits per heavy atom. The second kappa shape index (κ2) is 3.54. The van der Waals surface area contributed by atoms with Crippen LogP contribution in [0.4, 0.5) is 0 Å². The van der Waals surface area contributed by atoms with Crippen molar-refractivity contribution in [3.63, 3.8) is 0 Å². The first-order valence-corrected chi connectivity index (χ1v) is 5.28. The van der Waals surface area contributed by atoms with Gasteiger partial charge in [-0.3, -0.25) is 4.79 Å².